The van der Waals surface area contributed by atoms with Crippen LogP contribution >= 0.6 is 11.6 Å². The lowest BCUT2D eigenvalue weighted by Gasteiger charge is -2.32. The maximum Gasteiger partial charge on any atom is 0.264 e. The van der Waals surface area contributed by atoms with Crippen LogP contribution in [0.5, 0.6) is 11.5 Å². The van der Waals surface area contributed by atoms with Gasteiger partial charge in [-0.15, -0.1) is 0 Å². The molecule has 0 saturated carbocycles. The fourth-order valence-corrected chi connectivity index (χ4v) is 6.03. The van der Waals surface area contributed by atoms with Gasteiger partial charge in [0.05, 0.1) is 10.6 Å². The monoisotopic (exact) mass is 619 g/mol. The average Bonchev–Trinajstić information content (AvgIpc) is 2.99. The third-order valence-corrected chi connectivity index (χ3v) is 8.77. The van der Waals surface area contributed by atoms with E-state index in [1.165, 1.54) is 17.0 Å². The van der Waals surface area contributed by atoms with Crippen molar-refractivity contribution in [2.24, 2.45) is 0 Å². The second-order valence-corrected chi connectivity index (χ2v) is 12.3. The SMILES string of the molecule is CCNC(=O)[C@@H](C)N(Cc1cccc(Cl)c1)C(=O)CN(c1ccc(Oc2ccccc2)cc1)S(=O)(=O)c1ccc(C)cc1. The first-order valence-corrected chi connectivity index (χ1v) is 15.6. The number of nitrogens with zero attached hydrogens (tertiary/aromatic N) is 2. The van der Waals surface area contributed by atoms with Crippen LogP contribution in [0.15, 0.2) is 108 Å². The Kier molecular flexibility index (Phi) is 10.4. The molecule has 0 radical (unpaired) electrons. The molecule has 0 unspecified atom stereocenters. The van der Waals surface area contributed by atoms with E-state index in [0.717, 1.165) is 9.87 Å². The molecule has 0 aliphatic carbocycles. The molecule has 0 aliphatic rings. The maximum absolute atomic E-state index is 14.0. The minimum absolute atomic E-state index is 0.0358. The van der Waals surface area contributed by atoms with E-state index in [0.29, 0.717) is 28.6 Å². The van der Waals surface area contributed by atoms with Gasteiger partial charge in [-0.05, 0) is 87.0 Å². The largest absolute Gasteiger partial charge is 0.457 e. The Hall–Kier alpha value is -4.34. The number of ether oxygens (including phenoxy) is 1. The maximum atomic E-state index is 14.0. The highest BCUT2D eigenvalue weighted by atomic mass is 35.5. The van der Waals surface area contributed by atoms with E-state index in [4.69, 9.17) is 16.3 Å². The van der Waals surface area contributed by atoms with E-state index in [-0.39, 0.29) is 23.0 Å². The molecule has 4 aromatic carbocycles. The van der Waals surface area contributed by atoms with Crippen LogP contribution in [0.25, 0.3) is 0 Å². The third kappa shape index (κ3) is 8.15. The highest BCUT2D eigenvalue weighted by molar-refractivity contribution is 7.92. The van der Waals surface area contributed by atoms with Crippen LogP contribution in [0.4, 0.5) is 5.69 Å². The van der Waals surface area contributed by atoms with Gasteiger partial charge in [0, 0.05) is 18.1 Å². The summed E-state index contributed by atoms with van der Waals surface area (Å²) < 4.78 is 35.0. The fraction of sp³-hybridized carbons (Fsp3) is 0.212. The van der Waals surface area contributed by atoms with Gasteiger partial charge in [0.2, 0.25) is 11.8 Å². The van der Waals surface area contributed by atoms with E-state index < -0.39 is 28.5 Å². The third-order valence-electron chi connectivity index (χ3n) is 6.75. The van der Waals surface area contributed by atoms with E-state index >= 15 is 0 Å². The number of likely N-dealkylation sites (N-methyl/N-ethyl adjacent to an activating group) is 1. The molecule has 0 aromatic heterocycles. The van der Waals surface area contributed by atoms with Crippen molar-refractivity contribution in [1.29, 1.82) is 0 Å². The van der Waals surface area contributed by atoms with Crippen molar-refractivity contribution in [3.8, 4) is 11.5 Å². The summed E-state index contributed by atoms with van der Waals surface area (Å²) in [5.41, 5.74) is 1.86. The molecule has 10 heteroatoms. The van der Waals surface area contributed by atoms with Gasteiger partial charge in [-0.1, -0.05) is 59.6 Å². The van der Waals surface area contributed by atoms with Crippen molar-refractivity contribution in [1.82, 2.24) is 10.2 Å². The predicted molar refractivity (Wildman–Crippen MR) is 169 cm³/mol. The number of aryl methyl sites for hydroxylation is 1. The number of hydrogen-bond donors (Lipinski definition) is 1. The Balaban J connectivity index is 1.70. The summed E-state index contributed by atoms with van der Waals surface area (Å²) in [5, 5.41) is 3.23. The molecule has 1 atom stereocenters. The standard InChI is InChI=1S/C33H34ClN3O5S/c1-4-35-33(39)25(3)36(22-26-9-8-10-27(34)21-26)32(38)23-37(43(40,41)31-19-13-24(2)14-20-31)28-15-17-30(18-16-28)42-29-11-6-5-7-12-29/h5-21,25H,4,22-23H2,1-3H3,(H,35,39)/t25-/m1/s1. The van der Waals surface area contributed by atoms with Crippen molar-refractivity contribution < 1.29 is 22.7 Å². The first-order chi connectivity index (χ1) is 20.6. The zero-order valence-electron chi connectivity index (χ0n) is 24.2. The zero-order valence-corrected chi connectivity index (χ0v) is 25.8. The Morgan fingerprint density at radius 1 is 0.884 bits per heavy atom. The summed E-state index contributed by atoms with van der Waals surface area (Å²) >= 11 is 6.19. The van der Waals surface area contributed by atoms with Gasteiger partial charge in [0.25, 0.3) is 10.0 Å². The summed E-state index contributed by atoms with van der Waals surface area (Å²) in [6.45, 7) is 5.16. The molecule has 43 heavy (non-hydrogen) atoms. The van der Waals surface area contributed by atoms with E-state index in [1.54, 1.807) is 74.5 Å². The van der Waals surface area contributed by atoms with Gasteiger partial charge in [0.15, 0.2) is 0 Å². The molecule has 1 N–H and O–H groups in total. The van der Waals surface area contributed by atoms with Crippen molar-refractivity contribution >= 4 is 39.1 Å². The lowest BCUT2D eigenvalue weighted by atomic mass is 10.1. The first kappa shape index (κ1) is 31.6. The number of hydrogen-bond acceptors (Lipinski definition) is 5. The Morgan fingerprint density at radius 2 is 1.53 bits per heavy atom. The zero-order chi connectivity index (χ0) is 31.0. The summed E-state index contributed by atoms with van der Waals surface area (Å²) in [6.07, 6.45) is 0. The number of benzene rings is 4. The lowest BCUT2D eigenvalue weighted by molar-refractivity contribution is -0.139. The van der Waals surface area contributed by atoms with Crippen LogP contribution in [-0.4, -0.2) is 44.3 Å². The predicted octanol–water partition coefficient (Wildman–Crippen LogP) is 6.19. The quantitative estimate of drug-likeness (QED) is 0.204. The summed E-state index contributed by atoms with van der Waals surface area (Å²) in [5.74, 6) is 0.222. The number of nitrogens with one attached hydrogen (secondary N) is 1. The van der Waals surface area contributed by atoms with E-state index in [9.17, 15) is 18.0 Å². The molecule has 0 heterocycles. The number of sulfonamides is 1. The van der Waals surface area contributed by atoms with Crippen LogP contribution in [0.2, 0.25) is 5.02 Å². The van der Waals surface area contributed by atoms with Crippen molar-refractivity contribution in [3.05, 3.63) is 119 Å². The van der Waals surface area contributed by atoms with Crippen molar-refractivity contribution in [2.75, 3.05) is 17.4 Å². The second-order valence-electron chi connectivity index (χ2n) is 9.96. The highest BCUT2D eigenvalue weighted by Crippen LogP contribution is 2.29. The van der Waals surface area contributed by atoms with Gasteiger partial charge >= 0.3 is 0 Å². The molecular formula is C33H34ClN3O5S. The Morgan fingerprint density at radius 3 is 2.16 bits per heavy atom. The summed E-state index contributed by atoms with van der Waals surface area (Å²) in [6, 6.07) is 28.2. The number of carbonyl (C=O) groups excluding carboxylic acids is 2. The molecule has 0 spiro atoms. The Labute approximate surface area is 257 Å². The van der Waals surface area contributed by atoms with Gasteiger partial charge in [-0.25, -0.2) is 8.42 Å². The molecule has 2 amide bonds. The molecule has 0 saturated heterocycles. The molecule has 4 aromatic rings. The second kappa shape index (κ2) is 14.2. The molecular weight excluding hydrogens is 586 g/mol. The van der Waals surface area contributed by atoms with Gasteiger partial charge in [0.1, 0.15) is 24.1 Å². The van der Waals surface area contributed by atoms with Gasteiger partial charge < -0.3 is 15.0 Å². The minimum Gasteiger partial charge on any atom is -0.457 e. The summed E-state index contributed by atoms with van der Waals surface area (Å²) in [7, 11) is -4.18. The van der Waals surface area contributed by atoms with Crippen LogP contribution in [0, 0.1) is 6.92 Å². The normalized spacial score (nSPS) is 11.8. The number of amides is 2. The lowest BCUT2D eigenvalue weighted by Crippen LogP contribution is -2.51. The minimum atomic E-state index is -4.18. The highest BCUT2D eigenvalue weighted by Gasteiger charge is 2.32. The van der Waals surface area contributed by atoms with E-state index in [1.807, 2.05) is 37.3 Å². The molecule has 4 rings (SSSR count). The van der Waals surface area contributed by atoms with Crippen molar-refractivity contribution in [2.45, 2.75) is 38.3 Å². The molecule has 0 fully saturated rings. The fourth-order valence-electron chi connectivity index (χ4n) is 4.41. The van der Waals surface area contributed by atoms with Crippen LogP contribution in [-0.2, 0) is 26.2 Å². The van der Waals surface area contributed by atoms with Crippen LogP contribution < -0.4 is 14.4 Å². The number of rotatable bonds is 12. The van der Waals surface area contributed by atoms with Crippen LogP contribution in [0.3, 0.4) is 0 Å². The summed E-state index contributed by atoms with van der Waals surface area (Å²) in [4.78, 5) is 28.2. The number of carbonyl (C=O) groups is 2. The van der Waals surface area contributed by atoms with Crippen molar-refractivity contribution in [3.63, 3.8) is 0 Å². The van der Waals surface area contributed by atoms with Gasteiger partial charge in [-0.3, -0.25) is 13.9 Å². The number of anilines is 1. The van der Waals surface area contributed by atoms with Gasteiger partial charge in [-0.2, -0.15) is 0 Å². The Bertz CT molecular complexity index is 1650. The average molecular weight is 620 g/mol. The topological polar surface area (TPSA) is 96.0 Å². The molecule has 8 nitrogen and oxygen atoms in total. The first-order valence-electron chi connectivity index (χ1n) is 13.8. The van der Waals surface area contributed by atoms with Crippen LogP contribution in [0.1, 0.15) is 25.0 Å². The smallest absolute Gasteiger partial charge is 0.264 e. The number of para-hydroxylation sites is 1. The molecule has 0 bridgehead atoms. The number of halogens is 1. The van der Waals surface area contributed by atoms with E-state index in [2.05, 4.69) is 5.32 Å². The molecule has 0 aliphatic heterocycles. The molecule has 224 valence electrons.